The number of nitrogens with zero attached hydrogens (tertiary/aromatic N) is 1. The number of H-pyrrole nitrogens is 1. The van der Waals surface area contributed by atoms with Crippen molar-refractivity contribution >= 4 is 32.7 Å². The first-order chi connectivity index (χ1) is 9.81. The maximum atomic E-state index is 12.2. The molecule has 1 heterocycles. The molecule has 0 unspecified atom stereocenters. The minimum absolute atomic E-state index is 0.0431. The van der Waals surface area contributed by atoms with E-state index >= 15 is 0 Å². The third-order valence-corrected chi connectivity index (χ3v) is 4.68. The van der Waals surface area contributed by atoms with E-state index in [1.165, 1.54) is 0 Å². The van der Waals surface area contributed by atoms with Crippen LogP contribution in [0.5, 0.6) is 0 Å². The minimum Gasteiger partial charge on any atom is -0.361 e. The average molecular weight is 352 g/mol. The molecular formula is C16H22BrN3O. The molecule has 0 atom stereocenters. The van der Waals surface area contributed by atoms with Crippen LogP contribution in [0.2, 0.25) is 0 Å². The lowest BCUT2D eigenvalue weighted by Gasteiger charge is -2.32. The summed E-state index contributed by atoms with van der Waals surface area (Å²) >= 11 is 3.55. The molecule has 0 radical (unpaired) electrons. The van der Waals surface area contributed by atoms with Gasteiger partial charge in [0.25, 0.3) is 0 Å². The number of aromatic nitrogens is 1. The third kappa shape index (κ3) is 3.66. The number of fused-ring (bicyclic) bond motifs is 1. The van der Waals surface area contributed by atoms with Crippen molar-refractivity contribution in [2.75, 3.05) is 20.6 Å². The fraction of sp³-hybridized carbons (Fsp3) is 0.438. The molecule has 4 nitrogen and oxygen atoms in total. The molecule has 1 aromatic heterocycles. The number of nitrogens with one attached hydrogen (secondary N) is 2. The average Bonchev–Trinajstić information content (AvgIpc) is 2.81. The second-order valence-corrected chi connectivity index (χ2v) is 6.99. The summed E-state index contributed by atoms with van der Waals surface area (Å²) in [5.41, 5.74) is 2.00. The zero-order chi connectivity index (χ0) is 15.6. The van der Waals surface area contributed by atoms with Crippen LogP contribution >= 0.6 is 15.9 Å². The van der Waals surface area contributed by atoms with E-state index in [1.54, 1.807) is 0 Å². The highest BCUT2D eigenvalue weighted by atomic mass is 79.9. The van der Waals surface area contributed by atoms with Gasteiger partial charge in [0.1, 0.15) is 0 Å². The van der Waals surface area contributed by atoms with Gasteiger partial charge in [-0.2, -0.15) is 0 Å². The molecule has 1 aromatic carbocycles. The van der Waals surface area contributed by atoms with Gasteiger partial charge in [-0.1, -0.05) is 22.0 Å². The molecule has 2 aromatic rings. The Morgan fingerprint density at radius 1 is 1.38 bits per heavy atom. The van der Waals surface area contributed by atoms with Gasteiger partial charge < -0.3 is 15.2 Å². The van der Waals surface area contributed by atoms with Crippen molar-refractivity contribution in [1.29, 1.82) is 0 Å². The second kappa shape index (κ2) is 6.20. The SMILES string of the molecule is CN(C)C(C)(C)CNC(=O)Cc1c[nH]c2cccc(Br)c12. The topological polar surface area (TPSA) is 48.1 Å². The molecule has 0 spiro atoms. The van der Waals surface area contributed by atoms with Crippen molar-refractivity contribution in [3.05, 3.63) is 34.4 Å². The molecule has 0 aliphatic carbocycles. The number of carbonyl (C=O) groups excluding carboxylic acids is 1. The van der Waals surface area contributed by atoms with Crippen molar-refractivity contribution in [3.8, 4) is 0 Å². The van der Waals surface area contributed by atoms with Gasteiger partial charge in [-0.3, -0.25) is 4.79 Å². The Morgan fingerprint density at radius 2 is 2.10 bits per heavy atom. The van der Waals surface area contributed by atoms with E-state index in [9.17, 15) is 4.79 Å². The summed E-state index contributed by atoms with van der Waals surface area (Å²) in [6.45, 7) is 4.84. The predicted molar refractivity (Wildman–Crippen MR) is 90.5 cm³/mol. The Labute approximate surface area is 134 Å². The van der Waals surface area contributed by atoms with E-state index in [0.29, 0.717) is 13.0 Å². The Kier molecular flexibility index (Phi) is 4.74. The van der Waals surface area contributed by atoms with Crippen LogP contribution in [0.15, 0.2) is 28.9 Å². The summed E-state index contributed by atoms with van der Waals surface area (Å²) in [5, 5.41) is 4.10. The maximum absolute atomic E-state index is 12.2. The van der Waals surface area contributed by atoms with Crippen LogP contribution in [-0.2, 0) is 11.2 Å². The number of hydrogen-bond donors (Lipinski definition) is 2. The first-order valence-electron chi connectivity index (χ1n) is 7.00. The van der Waals surface area contributed by atoms with Gasteiger partial charge in [-0.15, -0.1) is 0 Å². The number of rotatable bonds is 5. The van der Waals surface area contributed by atoms with E-state index < -0.39 is 0 Å². The highest BCUT2D eigenvalue weighted by molar-refractivity contribution is 9.10. The van der Waals surface area contributed by atoms with Crippen LogP contribution < -0.4 is 5.32 Å². The Balaban J connectivity index is 2.06. The summed E-state index contributed by atoms with van der Waals surface area (Å²) < 4.78 is 1.01. The van der Waals surface area contributed by atoms with Gasteiger partial charge in [0.15, 0.2) is 0 Å². The molecule has 0 fully saturated rings. The number of amides is 1. The first-order valence-corrected chi connectivity index (χ1v) is 7.79. The summed E-state index contributed by atoms with van der Waals surface area (Å²) in [6, 6.07) is 5.98. The van der Waals surface area contributed by atoms with Gasteiger partial charge in [-0.05, 0) is 45.6 Å². The van der Waals surface area contributed by atoms with Crippen molar-refractivity contribution in [3.63, 3.8) is 0 Å². The molecule has 2 N–H and O–H groups in total. The number of likely N-dealkylation sites (N-methyl/N-ethyl adjacent to an activating group) is 1. The van der Waals surface area contributed by atoms with Crippen LogP contribution in [0, 0.1) is 0 Å². The largest absolute Gasteiger partial charge is 0.361 e. The summed E-state index contributed by atoms with van der Waals surface area (Å²) in [7, 11) is 4.03. The normalized spacial score (nSPS) is 12.1. The Bertz CT molecular complexity index is 646. The number of hydrogen-bond acceptors (Lipinski definition) is 2. The molecule has 114 valence electrons. The van der Waals surface area contributed by atoms with Crippen LogP contribution in [0.3, 0.4) is 0 Å². The van der Waals surface area contributed by atoms with E-state index in [0.717, 1.165) is 20.9 Å². The molecule has 0 aliphatic heterocycles. The van der Waals surface area contributed by atoms with Crippen LogP contribution in [0.1, 0.15) is 19.4 Å². The predicted octanol–water partition coefficient (Wildman–Crippen LogP) is 2.93. The summed E-state index contributed by atoms with van der Waals surface area (Å²) in [5.74, 6) is 0.0431. The Morgan fingerprint density at radius 3 is 2.76 bits per heavy atom. The van der Waals surface area contributed by atoms with E-state index in [2.05, 4.69) is 45.0 Å². The molecule has 21 heavy (non-hydrogen) atoms. The minimum atomic E-state index is -0.0591. The lowest BCUT2D eigenvalue weighted by atomic mass is 10.0. The lowest BCUT2D eigenvalue weighted by Crippen LogP contribution is -2.48. The smallest absolute Gasteiger partial charge is 0.224 e. The van der Waals surface area contributed by atoms with Gasteiger partial charge >= 0.3 is 0 Å². The van der Waals surface area contributed by atoms with Crippen molar-refractivity contribution in [1.82, 2.24) is 15.2 Å². The monoisotopic (exact) mass is 351 g/mol. The van der Waals surface area contributed by atoms with Crippen LogP contribution in [0.4, 0.5) is 0 Å². The molecule has 2 rings (SSSR count). The maximum Gasteiger partial charge on any atom is 0.224 e. The van der Waals surface area contributed by atoms with Crippen molar-refractivity contribution in [2.24, 2.45) is 0 Å². The fourth-order valence-corrected chi connectivity index (χ4v) is 2.68. The van der Waals surface area contributed by atoms with Gasteiger partial charge in [-0.25, -0.2) is 0 Å². The van der Waals surface area contributed by atoms with E-state index in [4.69, 9.17) is 0 Å². The fourth-order valence-electron chi connectivity index (χ4n) is 2.06. The molecule has 1 amide bonds. The zero-order valence-corrected chi connectivity index (χ0v) is 14.5. The summed E-state index contributed by atoms with van der Waals surface area (Å²) in [4.78, 5) is 17.5. The van der Waals surface area contributed by atoms with Crippen LogP contribution in [-0.4, -0.2) is 42.0 Å². The Hall–Kier alpha value is -1.33. The third-order valence-electron chi connectivity index (χ3n) is 4.02. The number of carbonyl (C=O) groups is 1. The van der Waals surface area contributed by atoms with Gasteiger partial charge in [0.2, 0.25) is 5.91 Å². The lowest BCUT2D eigenvalue weighted by molar-refractivity contribution is -0.120. The molecule has 0 saturated carbocycles. The summed E-state index contributed by atoms with van der Waals surface area (Å²) in [6.07, 6.45) is 2.29. The first kappa shape index (κ1) is 16.0. The van der Waals surface area contributed by atoms with Crippen molar-refractivity contribution in [2.45, 2.75) is 25.8 Å². The second-order valence-electron chi connectivity index (χ2n) is 6.14. The highest BCUT2D eigenvalue weighted by Gasteiger charge is 2.21. The molecular weight excluding hydrogens is 330 g/mol. The van der Waals surface area contributed by atoms with Crippen molar-refractivity contribution < 1.29 is 4.79 Å². The van der Waals surface area contributed by atoms with Gasteiger partial charge in [0.05, 0.1) is 6.42 Å². The standard InChI is InChI=1S/C16H22BrN3O/c1-16(2,20(3)4)10-19-14(21)8-11-9-18-13-7-5-6-12(17)15(11)13/h5-7,9,18H,8,10H2,1-4H3,(H,19,21). The molecule has 0 bridgehead atoms. The zero-order valence-electron chi connectivity index (χ0n) is 13.0. The molecule has 5 heteroatoms. The quantitative estimate of drug-likeness (QED) is 0.869. The number of benzene rings is 1. The number of halogens is 1. The highest BCUT2D eigenvalue weighted by Crippen LogP contribution is 2.27. The number of aromatic amines is 1. The van der Waals surface area contributed by atoms with Crippen LogP contribution in [0.25, 0.3) is 10.9 Å². The molecule has 0 aliphatic rings. The van der Waals surface area contributed by atoms with E-state index in [-0.39, 0.29) is 11.4 Å². The van der Waals surface area contributed by atoms with E-state index in [1.807, 2.05) is 38.5 Å². The van der Waals surface area contributed by atoms with Gasteiger partial charge in [0, 0.05) is 33.7 Å². The molecule has 0 saturated heterocycles.